The summed E-state index contributed by atoms with van der Waals surface area (Å²) in [6.07, 6.45) is 0. The van der Waals surface area contributed by atoms with Gasteiger partial charge in [-0.2, -0.15) is 0 Å². The van der Waals surface area contributed by atoms with Gasteiger partial charge in [-0.1, -0.05) is 5.43 Å². The predicted molar refractivity (Wildman–Crippen MR) is 24.2 cm³/mol. The third kappa shape index (κ3) is 3.17. The van der Waals surface area contributed by atoms with Crippen LogP contribution in [0.1, 0.15) is 0 Å². The van der Waals surface area contributed by atoms with E-state index < -0.39 is 5.03 Å². The summed E-state index contributed by atoms with van der Waals surface area (Å²) < 4.78 is 0. The SMILES string of the molecule is O=[N+]([O-])[N-]c1nn[nH]n1.[K+]. The molecule has 0 unspecified atom stereocenters. The second-order valence-electron chi connectivity index (χ2n) is 1.05. The van der Waals surface area contributed by atoms with Crippen LogP contribution in [0.25, 0.3) is 5.43 Å². The van der Waals surface area contributed by atoms with Crippen LogP contribution in [-0.2, 0) is 0 Å². The van der Waals surface area contributed by atoms with Gasteiger partial charge in [-0.3, -0.25) is 10.3 Å². The number of H-pyrrole nitrogens is 1. The molecule has 0 spiro atoms. The molecule has 0 aliphatic rings. The first-order chi connectivity index (χ1) is 4.29. The number of rotatable bonds is 2. The molecule has 0 aliphatic heterocycles. The molecule has 0 saturated carbocycles. The Morgan fingerprint density at radius 2 is 2.40 bits per heavy atom. The Morgan fingerprint density at radius 3 is 2.80 bits per heavy atom. The zero-order valence-electron chi connectivity index (χ0n) is 5.05. The minimum absolute atomic E-state index is 0. The maximum Gasteiger partial charge on any atom is 1.00 e. The van der Waals surface area contributed by atoms with Gasteiger partial charge in [0.05, 0.1) is 0 Å². The van der Waals surface area contributed by atoms with Gasteiger partial charge in [-0.15, -0.1) is 5.21 Å². The quantitative estimate of drug-likeness (QED) is 0.278. The smallest absolute Gasteiger partial charge is 0.273 e. The van der Waals surface area contributed by atoms with Crippen molar-refractivity contribution in [2.24, 2.45) is 0 Å². The molecule has 0 amide bonds. The average Bonchev–Trinajstić information content (AvgIpc) is 2.15. The zero-order chi connectivity index (χ0) is 6.69. The standard InChI is InChI=1S/CHN6O2.K/c8-7(9)4-1-2-5-6-3-1;/h(H-,2,3,4,5,6);/q-1;+1. The van der Waals surface area contributed by atoms with Crippen LogP contribution in [0, 0.1) is 10.1 Å². The first-order valence-electron chi connectivity index (χ1n) is 1.88. The van der Waals surface area contributed by atoms with E-state index in [-0.39, 0.29) is 57.3 Å². The van der Waals surface area contributed by atoms with Gasteiger partial charge >= 0.3 is 51.4 Å². The molecular formula is CHKN6O2. The molecule has 0 radical (unpaired) electrons. The molecule has 0 fully saturated rings. The number of nitro groups is 1. The monoisotopic (exact) mass is 168 g/mol. The zero-order valence-corrected chi connectivity index (χ0v) is 8.18. The molecular weight excluding hydrogens is 167 g/mol. The van der Waals surface area contributed by atoms with Crippen LogP contribution in [0.3, 0.4) is 0 Å². The maximum absolute atomic E-state index is 9.58. The number of tetrazole rings is 1. The third-order valence-electron chi connectivity index (χ3n) is 0.505. The van der Waals surface area contributed by atoms with Crippen molar-refractivity contribution in [3.8, 4) is 0 Å². The summed E-state index contributed by atoms with van der Waals surface area (Å²) in [6, 6.07) is 0. The van der Waals surface area contributed by atoms with Gasteiger partial charge in [0.1, 0.15) is 11.0 Å². The summed E-state index contributed by atoms with van der Waals surface area (Å²) in [5, 5.41) is 20.1. The molecule has 0 aromatic carbocycles. The summed E-state index contributed by atoms with van der Waals surface area (Å²) in [5.41, 5.74) is 2.73. The second kappa shape index (κ2) is 4.68. The molecule has 9 heteroatoms. The van der Waals surface area contributed by atoms with Crippen molar-refractivity contribution in [1.82, 2.24) is 20.6 Å². The van der Waals surface area contributed by atoms with Crippen LogP contribution >= 0.6 is 0 Å². The molecule has 1 aromatic heterocycles. The van der Waals surface area contributed by atoms with Crippen molar-refractivity contribution in [2.45, 2.75) is 0 Å². The van der Waals surface area contributed by atoms with Gasteiger partial charge in [0, 0.05) is 0 Å². The molecule has 0 atom stereocenters. The second-order valence-corrected chi connectivity index (χ2v) is 1.05. The number of aromatic nitrogens is 4. The van der Waals surface area contributed by atoms with E-state index in [2.05, 4.69) is 20.8 Å². The summed E-state index contributed by atoms with van der Waals surface area (Å²) >= 11 is 0. The Kier molecular flexibility index (Phi) is 4.64. The van der Waals surface area contributed by atoms with E-state index in [0.29, 0.717) is 0 Å². The summed E-state index contributed by atoms with van der Waals surface area (Å²) in [6.45, 7) is 0. The van der Waals surface area contributed by atoms with Crippen molar-refractivity contribution in [3.63, 3.8) is 0 Å². The average molecular weight is 168 g/mol. The molecule has 0 saturated heterocycles. The van der Waals surface area contributed by atoms with E-state index in [1.54, 1.807) is 0 Å². The molecule has 48 valence electrons. The number of aromatic amines is 1. The normalized spacial score (nSPS) is 8.00. The van der Waals surface area contributed by atoms with Crippen molar-refractivity contribution >= 4 is 5.95 Å². The number of hydrogen-bond acceptors (Lipinski definition) is 5. The molecule has 1 rings (SSSR count). The Labute approximate surface area is 97.3 Å². The topological polar surface area (TPSA) is 112 Å². The van der Waals surface area contributed by atoms with Gasteiger partial charge in [0.25, 0.3) is 0 Å². The number of nitrogens with one attached hydrogen (secondary N) is 1. The molecule has 1 N–H and O–H groups in total. The maximum atomic E-state index is 9.58. The molecule has 1 aromatic rings. The van der Waals surface area contributed by atoms with E-state index >= 15 is 0 Å². The minimum Gasteiger partial charge on any atom is -0.273 e. The largest absolute Gasteiger partial charge is 1.00 e. The Bertz CT molecular complexity index is 196. The Hall–Kier alpha value is -0.0936. The van der Waals surface area contributed by atoms with Crippen LogP contribution in [0.4, 0.5) is 5.95 Å². The van der Waals surface area contributed by atoms with E-state index in [4.69, 9.17) is 0 Å². The summed E-state index contributed by atoms with van der Waals surface area (Å²) in [7, 11) is 0. The predicted octanol–water partition coefficient (Wildman–Crippen LogP) is -3.60. The van der Waals surface area contributed by atoms with Crippen molar-refractivity contribution in [2.75, 3.05) is 0 Å². The van der Waals surface area contributed by atoms with E-state index in [1.165, 1.54) is 0 Å². The van der Waals surface area contributed by atoms with Crippen LogP contribution in [0.5, 0.6) is 0 Å². The van der Waals surface area contributed by atoms with Crippen molar-refractivity contribution < 1.29 is 56.4 Å². The molecule has 1 heterocycles. The number of hydrogen-bond donors (Lipinski definition) is 1. The van der Waals surface area contributed by atoms with Gasteiger partial charge in [0.15, 0.2) is 0 Å². The molecule has 8 nitrogen and oxygen atoms in total. The van der Waals surface area contributed by atoms with Gasteiger partial charge < -0.3 is 0 Å². The Balaban J connectivity index is 0.000000810. The third-order valence-corrected chi connectivity index (χ3v) is 0.505. The first-order valence-corrected chi connectivity index (χ1v) is 1.88. The van der Waals surface area contributed by atoms with Gasteiger partial charge in [-0.25, -0.2) is 15.2 Å². The minimum atomic E-state index is -0.898. The van der Waals surface area contributed by atoms with E-state index in [9.17, 15) is 10.1 Å². The fourth-order valence-corrected chi connectivity index (χ4v) is 0.272. The summed E-state index contributed by atoms with van der Waals surface area (Å²) in [4.78, 5) is 9.58. The van der Waals surface area contributed by atoms with Crippen LogP contribution in [0.15, 0.2) is 0 Å². The van der Waals surface area contributed by atoms with Gasteiger partial charge in [0.2, 0.25) is 0 Å². The van der Waals surface area contributed by atoms with Crippen LogP contribution in [0.2, 0.25) is 0 Å². The van der Waals surface area contributed by atoms with Gasteiger partial charge in [-0.05, 0) is 0 Å². The molecule has 10 heavy (non-hydrogen) atoms. The molecule has 0 aliphatic carbocycles. The fraction of sp³-hybridized carbons (Fsp3) is 0. The van der Waals surface area contributed by atoms with E-state index in [0.717, 1.165) is 0 Å². The fourth-order valence-electron chi connectivity index (χ4n) is 0.272. The first kappa shape index (κ1) is 9.91. The number of nitrogens with zero attached hydrogens (tertiary/aromatic N) is 5. The Morgan fingerprint density at radius 1 is 1.70 bits per heavy atom. The molecule has 0 bridgehead atoms. The summed E-state index contributed by atoms with van der Waals surface area (Å²) in [5.74, 6) is -0.278. The van der Waals surface area contributed by atoms with Crippen LogP contribution in [-0.4, -0.2) is 25.7 Å². The van der Waals surface area contributed by atoms with Crippen LogP contribution < -0.4 is 51.4 Å². The van der Waals surface area contributed by atoms with Crippen molar-refractivity contribution in [1.29, 1.82) is 0 Å². The van der Waals surface area contributed by atoms with E-state index in [1.807, 2.05) is 5.21 Å². The van der Waals surface area contributed by atoms with Crippen molar-refractivity contribution in [3.05, 3.63) is 15.5 Å².